The van der Waals surface area contributed by atoms with Crippen LogP contribution in [0, 0.1) is 0 Å². The SMILES string of the molecule is CNS(=O)(=O)c1ccc2c(c1)nc(-c1ccc(C(C)(C)C)cc1)c1cccn12. The summed E-state index contributed by atoms with van der Waals surface area (Å²) in [4.78, 5) is 5.04. The number of benzene rings is 2. The van der Waals surface area contributed by atoms with Gasteiger partial charge in [-0.2, -0.15) is 0 Å². The third-order valence-electron chi connectivity index (χ3n) is 5.03. The summed E-state index contributed by atoms with van der Waals surface area (Å²) in [5, 5.41) is 0. The second kappa shape index (κ2) is 6.43. The Kier molecular flexibility index (Phi) is 4.28. The van der Waals surface area contributed by atoms with Crippen LogP contribution in [0.15, 0.2) is 65.7 Å². The lowest BCUT2D eigenvalue weighted by Gasteiger charge is -2.19. The van der Waals surface area contributed by atoms with Gasteiger partial charge in [-0.05, 0) is 48.4 Å². The Morgan fingerprint density at radius 2 is 1.68 bits per heavy atom. The van der Waals surface area contributed by atoms with Gasteiger partial charge in [0.25, 0.3) is 0 Å². The monoisotopic (exact) mass is 393 g/mol. The molecule has 2 aromatic heterocycles. The van der Waals surface area contributed by atoms with Crippen LogP contribution in [0.2, 0.25) is 0 Å². The molecular formula is C22H23N3O2S. The molecule has 144 valence electrons. The minimum absolute atomic E-state index is 0.0795. The van der Waals surface area contributed by atoms with Gasteiger partial charge in [-0.1, -0.05) is 45.0 Å². The van der Waals surface area contributed by atoms with Crippen molar-refractivity contribution in [2.75, 3.05) is 7.05 Å². The van der Waals surface area contributed by atoms with Crippen LogP contribution in [0.3, 0.4) is 0 Å². The summed E-state index contributed by atoms with van der Waals surface area (Å²) in [6.45, 7) is 6.56. The van der Waals surface area contributed by atoms with E-state index >= 15 is 0 Å². The fraction of sp³-hybridized carbons (Fsp3) is 0.227. The summed E-state index contributed by atoms with van der Waals surface area (Å²) in [5.41, 5.74) is 5.65. The molecule has 0 aliphatic rings. The Morgan fingerprint density at radius 3 is 2.32 bits per heavy atom. The lowest BCUT2D eigenvalue weighted by atomic mass is 9.86. The summed E-state index contributed by atoms with van der Waals surface area (Å²) in [5.74, 6) is 0. The highest BCUT2D eigenvalue weighted by Crippen LogP contribution is 2.30. The van der Waals surface area contributed by atoms with Crippen LogP contribution in [-0.2, 0) is 15.4 Å². The van der Waals surface area contributed by atoms with E-state index in [4.69, 9.17) is 4.98 Å². The molecule has 0 unspecified atom stereocenters. The number of hydrogen-bond donors (Lipinski definition) is 1. The molecule has 4 aromatic rings. The van der Waals surface area contributed by atoms with E-state index in [1.165, 1.54) is 12.6 Å². The molecule has 1 N–H and O–H groups in total. The average molecular weight is 394 g/mol. The zero-order valence-corrected chi connectivity index (χ0v) is 17.2. The molecule has 2 heterocycles. The van der Waals surface area contributed by atoms with Crippen molar-refractivity contribution in [2.45, 2.75) is 31.1 Å². The smallest absolute Gasteiger partial charge is 0.240 e. The van der Waals surface area contributed by atoms with E-state index in [1.807, 2.05) is 22.7 Å². The van der Waals surface area contributed by atoms with Gasteiger partial charge in [0.1, 0.15) is 0 Å². The first-order valence-electron chi connectivity index (χ1n) is 9.16. The number of nitrogens with zero attached hydrogens (tertiary/aromatic N) is 2. The molecule has 28 heavy (non-hydrogen) atoms. The zero-order valence-electron chi connectivity index (χ0n) is 16.4. The average Bonchev–Trinajstić information content (AvgIpc) is 3.16. The van der Waals surface area contributed by atoms with Gasteiger partial charge >= 0.3 is 0 Å². The Morgan fingerprint density at radius 1 is 0.964 bits per heavy atom. The van der Waals surface area contributed by atoms with Crippen molar-refractivity contribution < 1.29 is 8.42 Å². The van der Waals surface area contributed by atoms with Gasteiger partial charge in [0.05, 0.1) is 27.1 Å². The lowest BCUT2D eigenvalue weighted by molar-refractivity contribution is 0.588. The number of hydrogen-bond acceptors (Lipinski definition) is 3. The largest absolute Gasteiger partial charge is 0.313 e. The molecule has 0 saturated carbocycles. The van der Waals surface area contributed by atoms with Gasteiger partial charge in [-0.15, -0.1) is 0 Å². The third-order valence-corrected chi connectivity index (χ3v) is 6.45. The molecule has 2 aromatic carbocycles. The van der Waals surface area contributed by atoms with Gasteiger partial charge in [0, 0.05) is 11.8 Å². The molecule has 0 atom stereocenters. The zero-order chi connectivity index (χ0) is 20.1. The quantitative estimate of drug-likeness (QED) is 0.562. The lowest BCUT2D eigenvalue weighted by Crippen LogP contribution is -2.18. The molecule has 0 amide bonds. The molecule has 5 nitrogen and oxygen atoms in total. The molecule has 0 bridgehead atoms. The van der Waals surface area contributed by atoms with E-state index in [0.29, 0.717) is 5.52 Å². The molecular weight excluding hydrogens is 370 g/mol. The highest BCUT2D eigenvalue weighted by Gasteiger charge is 2.17. The Bertz CT molecular complexity index is 1280. The van der Waals surface area contributed by atoms with Gasteiger partial charge in [-0.3, -0.25) is 0 Å². The molecule has 4 rings (SSSR count). The minimum atomic E-state index is -3.53. The summed E-state index contributed by atoms with van der Waals surface area (Å²) in [7, 11) is -2.12. The fourth-order valence-corrected chi connectivity index (χ4v) is 4.13. The molecule has 0 fully saturated rings. The summed E-state index contributed by atoms with van der Waals surface area (Å²) in [6, 6.07) is 17.4. The number of aromatic nitrogens is 2. The molecule has 0 aliphatic carbocycles. The van der Waals surface area contributed by atoms with E-state index in [0.717, 1.165) is 22.3 Å². The number of fused-ring (bicyclic) bond motifs is 3. The molecule has 0 radical (unpaired) electrons. The van der Waals surface area contributed by atoms with Crippen LogP contribution in [0.4, 0.5) is 0 Å². The predicted octanol–water partition coefficient (Wildman–Crippen LogP) is 4.36. The summed E-state index contributed by atoms with van der Waals surface area (Å²) in [6.07, 6.45) is 1.97. The van der Waals surface area contributed by atoms with E-state index in [2.05, 4.69) is 49.8 Å². The first-order valence-corrected chi connectivity index (χ1v) is 10.6. The van der Waals surface area contributed by atoms with Gasteiger partial charge < -0.3 is 4.40 Å². The van der Waals surface area contributed by atoms with E-state index in [9.17, 15) is 8.42 Å². The first-order chi connectivity index (χ1) is 13.2. The molecule has 0 saturated heterocycles. The maximum Gasteiger partial charge on any atom is 0.240 e. The molecule has 0 spiro atoms. The van der Waals surface area contributed by atoms with Crippen molar-refractivity contribution in [1.82, 2.24) is 14.1 Å². The molecule has 0 aliphatic heterocycles. The summed E-state index contributed by atoms with van der Waals surface area (Å²) < 4.78 is 28.8. The first kappa shape index (κ1) is 18.7. The van der Waals surface area contributed by atoms with Crippen LogP contribution < -0.4 is 4.72 Å². The van der Waals surface area contributed by atoms with Crippen molar-refractivity contribution in [3.63, 3.8) is 0 Å². The van der Waals surface area contributed by atoms with Crippen molar-refractivity contribution >= 4 is 26.6 Å². The maximum absolute atomic E-state index is 12.2. The third kappa shape index (κ3) is 3.08. The van der Waals surface area contributed by atoms with Gasteiger partial charge in [0.15, 0.2) is 0 Å². The Balaban J connectivity index is 1.95. The van der Waals surface area contributed by atoms with Crippen molar-refractivity contribution in [3.8, 4) is 11.3 Å². The van der Waals surface area contributed by atoms with E-state index in [1.54, 1.807) is 18.2 Å². The van der Waals surface area contributed by atoms with Crippen LogP contribution >= 0.6 is 0 Å². The molecule has 6 heteroatoms. The van der Waals surface area contributed by atoms with E-state index < -0.39 is 10.0 Å². The number of rotatable bonds is 3. The predicted molar refractivity (Wildman–Crippen MR) is 113 cm³/mol. The van der Waals surface area contributed by atoms with Crippen LogP contribution in [0.25, 0.3) is 27.8 Å². The summed E-state index contributed by atoms with van der Waals surface area (Å²) >= 11 is 0. The van der Waals surface area contributed by atoms with Gasteiger partial charge in [-0.25, -0.2) is 18.1 Å². The normalized spacial score (nSPS) is 12.7. The Hall–Kier alpha value is -2.70. The second-order valence-electron chi connectivity index (χ2n) is 7.91. The fourth-order valence-electron chi connectivity index (χ4n) is 3.38. The standard InChI is InChI=1S/C22H23N3O2S/c1-22(2,3)16-9-7-15(8-10-16)21-20-6-5-13-25(20)19-12-11-17(14-18(19)24-21)28(26,27)23-4/h5-14,23H,1-4H3. The van der Waals surface area contributed by atoms with Crippen LogP contribution in [0.1, 0.15) is 26.3 Å². The maximum atomic E-state index is 12.2. The highest BCUT2D eigenvalue weighted by molar-refractivity contribution is 7.89. The second-order valence-corrected chi connectivity index (χ2v) is 9.80. The van der Waals surface area contributed by atoms with Crippen LogP contribution in [-0.4, -0.2) is 24.9 Å². The number of nitrogens with one attached hydrogen (secondary N) is 1. The van der Waals surface area contributed by atoms with E-state index in [-0.39, 0.29) is 10.3 Å². The topological polar surface area (TPSA) is 63.5 Å². The van der Waals surface area contributed by atoms with Crippen molar-refractivity contribution in [2.24, 2.45) is 0 Å². The highest BCUT2D eigenvalue weighted by atomic mass is 32.2. The Labute approximate surface area is 165 Å². The minimum Gasteiger partial charge on any atom is -0.313 e. The van der Waals surface area contributed by atoms with Gasteiger partial charge in [0.2, 0.25) is 10.0 Å². The van der Waals surface area contributed by atoms with Crippen molar-refractivity contribution in [1.29, 1.82) is 0 Å². The number of sulfonamides is 1. The van der Waals surface area contributed by atoms with Crippen LogP contribution in [0.5, 0.6) is 0 Å². The van der Waals surface area contributed by atoms with Crippen molar-refractivity contribution in [3.05, 3.63) is 66.4 Å².